The van der Waals surface area contributed by atoms with Crippen molar-refractivity contribution < 1.29 is 14.7 Å². The summed E-state index contributed by atoms with van der Waals surface area (Å²) in [6.07, 6.45) is 0. The van der Waals surface area contributed by atoms with Crippen LogP contribution >= 0.6 is 0 Å². The van der Waals surface area contributed by atoms with Crippen LogP contribution in [0, 0.1) is 18.8 Å². The van der Waals surface area contributed by atoms with Crippen LogP contribution in [-0.4, -0.2) is 16.9 Å². The van der Waals surface area contributed by atoms with Crippen molar-refractivity contribution in [3.05, 3.63) is 94.5 Å². The van der Waals surface area contributed by atoms with E-state index in [2.05, 4.69) is 24.3 Å². The van der Waals surface area contributed by atoms with Crippen LogP contribution in [0.5, 0.6) is 5.75 Å². The van der Waals surface area contributed by atoms with E-state index in [4.69, 9.17) is 0 Å². The first-order chi connectivity index (χ1) is 14.1. The molecule has 4 aliphatic rings. The van der Waals surface area contributed by atoms with Gasteiger partial charge in [-0.3, -0.25) is 9.59 Å². The molecule has 7 rings (SSSR count). The lowest BCUT2D eigenvalue weighted by molar-refractivity contribution is -0.122. The number of imide groups is 1. The quantitative estimate of drug-likeness (QED) is 0.646. The summed E-state index contributed by atoms with van der Waals surface area (Å²) < 4.78 is 0. The Morgan fingerprint density at radius 3 is 1.59 bits per heavy atom. The molecule has 0 unspecified atom stereocenters. The smallest absolute Gasteiger partial charge is 0.238 e. The average molecular weight is 381 g/mol. The van der Waals surface area contributed by atoms with Gasteiger partial charge in [0.2, 0.25) is 11.8 Å². The molecular weight excluding hydrogens is 362 g/mol. The summed E-state index contributed by atoms with van der Waals surface area (Å²) in [6.45, 7) is 1.82. The number of carbonyl (C=O) groups is 2. The highest BCUT2D eigenvalue weighted by molar-refractivity contribution is 6.23. The molecule has 1 fully saturated rings. The summed E-state index contributed by atoms with van der Waals surface area (Å²) in [4.78, 5) is 28.6. The van der Waals surface area contributed by atoms with E-state index in [9.17, 15) is 14.7 Å². The fourth-order valence-electron chi connectivity index (χ4n) is 5.81. The molecule has 2 bridgehead atoms. The van der Waals surface area contributed by atoms with Crippen LogP contribution in [0.25, 0.3) is 0 Å². The van der Waals surface area contributed by atoms with E-state index in [-0.39, 0.29) is 41.2 Å². The van der Waals surface area contributed by atoms with Gasteiger partial charge in [0.1, 0.15) is 5.75 Å². The number of benzene rings is 3. The maximum Gasteiger partial charge on any atom is 0.238 e. The summed E-state index contributed by atoms with van der Waals surface area (Å²) in [5, 5.41) is 9.76. The predicted octanol–water partition coefficient (Wildman–Crippen LogP) is 4.10. The highest BCUT2D eigenvalue weighted by Crippen LogP contribution is 2.61. The minimum absolute atomic E-state index is 0.101. The zero-order valence-electron chi connectivity index (χ0n) is 15.9. The van der Waals surface area contributed by atoms with Crippen molar-refractivity contribution in [1.29, 1.82) is 0 Å². The van der Waals surface area contributed by atoms with Crippen LogP contribution in [0.1, 0.15) is 39.7 Å². The number of aryl methyl sites for hydroxylation is 1. The van der Waals surface area contributed by atoms with Gasteiger partial charge >= 0.3 is 0 Å². The van der Waals surface area contributed by atoms with Gasteiger partial charge < -0.3 is 5.11 Å². The molecule has 142 valence electrons. The predicted molar refractivity (Wildman–Crippen MR) is 109 cm³/mol. The second-order valence-electron chi connectivity index (χ2n) is 8.25. The molecule has 4 nitrogen and oxygen atoms in total. The Morgan fingerprint density at radius 1 is 0.724 bits per heavy atom. The number of anilines is 1. The van der Waals surface area contributed by atoms with E-state index >= 15 is 0 Å². The van der Waals surface area contributed by atoms with Gasteiger partial charge in [-0.15, -0.1) is 0 Å². The molecule has 0 radical (unpaired) electrons. The maximum atomic E-state index is 13.6. The van der Waals surface area contributed by atoms with E-state index < -0.39 is 0 Å². The van der Waals surface area contributed by atoms with Gasteiger partial charge in [-0.25, -0.2) is 4.90 Å². The summed E-state index contributed by atoms with van der Waals surface area (Å²) in [7, 11) is 0. The summed E-state index contributed by atoms with van der Waals surface area (Å²) in [6, 6.07) is 21.3. The van der Waals surface area contributed by atoms with Gasteiger partial charge in [0.15, 0.2) is 0 Å². The number of aromatic hydroxyl groups is 1. The summed E-state index contributed by atoms with van der Waals surface area (Å²) >= 11 is 0. The normalized spacial score (nSPS) is 26.3. The molecule has 29 heavy (non-hydrogen) atoms. The third kappa shape index (κ3) is 1.98. The van der Waals surface area contributed by atoms with Crippen LogP contribution in [0.4, 0.5) is 5.69 Å². The van der Waals surface area contributed by atoms with Crippen molar-refractivity contribution in [3.63, 3.8) is 0 Å². The number of phenolic OH excluding ortho intramolecular Hbond substituents is 1. The number of hydrogen-bond donors (Lipinski definition) is 1. The van der Waals surface area contributed by atoms with Crippen LogP contribution in [0.3, 0.4) is 0 Å². The highest BCUT2D eigenvalue weighted by atomic mass is 16.3. The maximum absolute atomic E-state index is 13.6. The van der Waals surface area contributed by atoms with Crippen molar-refractivity contribution >= 4 is 17.5 Å². The van der Waals surface area contributed by atoms with Crippen LogP contribution < -0.4 is 4.90 Å². The molecule has 3 aromatic carbocycles. The number of nitrogens with zero attached hydrogens (tertiary/aromatic N) is 1. The van der Waals surface area contributed by atoms with E-state index in [0.29, 0.717) is 11.3 Å². The molecular formula is C25H19NO3. The number of phenols is 1. The Kier molecular flexibility index (Phi) is 3.18. The second kappa shape index (κ2) is 5.57. The van der Waals surface area contributed by atoms with Crippen molar-refractivity contribution in [2.45, 2.75) is 18.8 Å². The fraction of sp³-hybridized carbons (Fsp3) is 0.200. The third-order valence-electron chi connectivity index (χ3n) is 6.87. The molecule has 2 atom stereocenters. The van der Waals surface area contributed by atoms with Crippen LogP contribution in [0.15, 0.2) is 66.7 Å². The van der Waals surface area contributed by atoms with Crippen LogP contribution in [-0.2, 0) is 9.59 Å². The van der Waals surface area contributed by atoms with Crippen molar-refractivity contribution in [2.24, 2.45) is 11.8 Å². The molecule has 3 aliphatic carbocycles. The Morgan fingerprint density at radius 2 is 1.17 bits per heavy atom. The van der Waals surface area contributed by atoms with E-state index in [1.165, 1.54) is 33.2 Å². The Balaban J connectivity index is 1.57. The minimum atomic E-state index is -0.384. The molecule has 1 saturated heterocycles. The van der Waals surface area contributed by atoms with Gasteiger partial charge in [0.05, 0.1) is 17.5 Å². The first kappa shape index (κ1) is 16.5. The zero-order valence-corrected chi connectivity index (χ0v) is 15.9. The number of amides is 2. The van der Waals surface area contributed by atoms with E-state index in [0.717, 1.165) is 0 Å². The number of carbonyl (C=O) groups excluding carboxylic acids is 2. The van der Waals surface area contributed by atoms with Gasteiger partial charge in [0.25, 0.3) is 0 Å². The number of rotatable bonds is 1. The van der Waals surface area contributed by atoms with Crippen molar-refractivity contribution in [3.8, 4) is 5.75 Å². The highest BCUT2D eigenvalue weighted by Gasteiger charge is 2.61. The first-order valence-corrected chi connectivity index (χ1v) is 9.93. The van der Waals surface area contributed by atoms with Crippen molar-refractivity contribution in [2.75, 3.05) is 4.90 Å². The molecule has 0 aromatic heterocycles. The Labute approximate surface area is 168 Å². The molecule has 0 saturated carbocycles. The van der Waals surface area contributed by atoms with Gasteiger partial charge in [0, 0.05) is 11.8 Å². The standard InChI is InChI=1S/C25H19NO3/c1-13-12-14(27)10-11-19(13)26-24(28)22-20-15-6-2-3-7-16(15)21(23(22)25(26)29)18-9-5-4-8-17(18)20/h2-12,20-23,27H,1H3/t20?,21?,22-,23+. The minimum Gasteiger partial charge on any atom is -0.508 e. The van der Waals surface area contributed by atoms with Crippen molar-refractivity contribution in [1.82, 2.24) is 0 Å². The fourth-order valence-corrected chi connectivity index (χ4v) is 5.81. The lowest BCUT2D eigenvalue weighted by Crippen LogP contribution is -2.41. The lowest BCUT2D eigenvalue weighted by atomic mass is 9.55. The SMILES string of the molecule is Cc1cc(O)ccc1N1C(=O)[C@@H]2C3c4ccccc4C(c4ccccc43)[C@@H]2C1=O. The molecule has 1 N–H and O–H groups in total. The molecule has 0 spiro atoms. The molecule has 2 amide bonds. The average Bonchev–Trinajstić information content (AvgIpc) is 2.99. The third-order valence-corrected chi connectivity index (χ3v) is 6.87. The van der Waals surface area contributed by atoms with Crippen LogP contribution in [0.2, 0.25) is 0 Å². The number of hydrogen-bond acceptors (Lipinski definition) is 3. The monoisotopic (exact) mass is 381 g/mol. The Hall–Kier alpha value is -3.40. The van der Waals surface area contributed by atoms with Gasteiger partial charge in [-0.05, 0) is 52.9 Å². The Bertz CT molecular complexity index is 1100. The molecule has 1 aliphatic heterocycles. The summed E-state index contributed by atoms with van der Waals surface area (Å²) in [5.74, 6) is -1.10. The lowest BCUT2D eigenvalue weighted by Gasteiger charge is -2.45. The molecule has 4 heteroatoms. The zero-order chi connectivity index (χ0) is 19.9. The molecule has 1 heterocycles. The largest absolute Gasteiger partial charge is 0.508 e. The van der Waals surface area contributed by atoms with Gasteiger partial charge in [-0.2, -0.15) is 0 Å². The second-order valence-corrected chi connectivity index (χ2v) is 8.25. The van der Waals surface area contributed by atoms with E-state index in [1.54, 1.807) is 12.1 Å². The summed E-state index contributed by atoms with van der Waals surface area (Å²) in [5.41, 5.74) is 5.96. The molecule has 3 aromatic rings. The first-order valence-electron chi connectivity index (χ1n) is 9.93. The van der Waals surface area contributed by atoms with E-state index in [1.807, 2.05) is 31.2 Å². The van der Waals surface area contributed by atoms with Gasteiger partial charge in [-0.1, -0.05) is 48.5 Å². The topological polar surface area (TPSA) is 57.6 Å².